The minimum Gasteiger partial charge on any atom is -0.493 e. The van der Waals surface area contributed by atoms with Crippen LogP contribution in [0.3, 0.4) is 0 Å². The van der Waals surface area contributed by atoms with Gasteiger partial charge in [-0.3, -0.25) is 19.7 Å². The van der Waals surface area contributed by atoms with Crippen molar-refractivity contribution < 1.29 is 9.47 Å². The molecule has 0 bridgehead atoms. The Hall–Kier alpha value is -3.39. The smallest absolute Gasteiger partial charge is 0.252 e. The normalized spacial score (nSPS) is 18.6. The van der Waals surface area contributed by atoms with E-state index in [1.165, 1.54) is 17.2 Å². The summed E-state index contributed by atoms with van der Waals surface area (Å²) < 4.78 is 11.0. The van der Waals surface area contributed by atoms with Crippen LogP contribution in [0.4, 0.5) is 5.95 Å². The molecule has 1 aromatic carbocycles. The van der Waals surface area contributed by atoms with Crippen molar-refractivity contribution >= 4 is 5.95 Å². The molecule has 1 saturated heterocycles. The first-order chi connectivity index (χ1) is 16.1. The Kier molecular flexibility index (Phi) is 6.00. The topological polar surface area (TPSA) is 83.6 Å². The minimum atomic E-state index is -0.137. The summed E-state index contributed by atoms with van der Waals surface area (Å²) in [5.74, 6) is 2.24. The van der Waals surface area contributed by atoms with E-state index >= 15 is 0 Å². The van der Waals surface area contributed by atoms with Crippen molar-refractivity contribution in [3.05, 3.63) is 64.2 Å². The lowest BCUT2D eigenvalue weighted by molar-refractivity contribution is 0.169. The van der Waals surface area contributed by atoms with E-state index in [0.29, 0.717) is 17.7 Å². The number of rotatable bonds is 5. The average molecular weight is 448 g/mol. The number of nitrogens with zero attached hydrogens (tertiary/aromatic N) is 4. The molecule has 33 heavy (non-hydrogen) atoms. The highest BCUT2D eigenvalue weighted by atomic mass is 16.5. The SMILES string of the molecule is COc1cc2c(cc1OC)CC(N1CCN(c3nc(-c4ccncc4)cc(=O)[nH]3)CC1)CC2. The van der Waals surface area contributed by atoms with Crippen molar-refractivity contribution in [2.24, 2.45) is 0 Å². The molecular formula is C25H29N5O3. The number of methoxy groups -OCH3 is 2. The van der Waals surface area contributed by atoms with E-state index in [1.54, 1.807) is 26.6 Å². The molecular weight excluding hydrogens is 418 g/mol. The maximum absolute atomic E-state index is 12.3. The Balaban J connectivity index is 1.27. The molecule has 1 atom stereocenters. The van der Waals surface area contributed by atoms with E-state index in [0.717, 1.165) is 62.5 Å². The maximum atomic E-state index is 12.3. The van der Waals surface area contributed by atoms with Gasteiger partial charge in [0.1, 0.15) is 0 Å². The second kappa shape index (κ2) is 9.23. The van der Waals surface area contributed by atoms with Gasteiger partial charge in [0.2, 0.25) is 5.95 Å². The lowest BCUT2D eigenvalue weighted by Gasteiger charge is -2.41. The summed E-state index contributed by atoms with van der Waals surface area (Å²) in [6.45, 7) is 3.54. The minimum absolute atomic E-state index is 0.137. The Labute approximate surface area is 193 Å². The van der Waals surface area contributed by atoms with Gasteiger partial charge in [0.05, 0.1) is 19.9 Å². The van der Waals surface area contributed by atoms with Crippen molar-refractivity contribution in [2.45, 2.75) is 25.3 Å². The van der Waals surface area contributed by atoms with Crippen LogP contribution in [0.15, 0.2) is 47.5 Å². The highest BCUT2D eigenvalue weighted by Crippen LogP contribution is 2.35. The number of H-pyrrole nitrogens is 1. The third-order valence-electron chi connectivity index (χ3n) is 6.74. The third kappa shape index (κ3) is 4.43. The first-order valence-electron chi connectivity index (χ1n) is 11.4. The zero-order valence-corrected chi connectivity index (χ0v) is 19.1. The molecule has 2 aliphatic rings. The van der Waals surface area contributed by atoms with Crippen molar-refractivity contribution in [1.29, 1.82) is 0 Å². The van der Waals surface area contributed by atoms with Gasteiger partial charge in [0.15, 0.2) is 11.5 Å². The second-order valence-electron chi connectivity index (χ2n) is 8.59. The predicted molar refractivity (Wildman–Crippen MR) is 127 cm³/mol. The summed E-state index contributed by atoms with van der Waals surface area (Å²) in [7, 11) is 3.37. The lowest BCUT2D eigenvalue weighted by Crippen LogP contribution is -2.52. The van der Waals surface area contributed by atoms with E-state index in [2.05, 4.69) is 31.9 Å². The number of ether oxygens (including phenoxy) is 2. The molecule has 1 fully saturated rings. The summed E-state index contributed by atoms with van der Waals surface area (Å²) in [6, 6.07) is 10.0. The quantitative estimate of drug-likeness (QED) is 0.643. The number of pyridine rings is 1. The number of piperazine rings is 1. The number of aromatic amines is 1. The molecule has 2 aromatic heterocycles. The number of aromatic nitrogens is 3. The molecule has 0 saturated carbocycles. The number of nitrogens with one attached hydrogen (secondary N) is 1. The van der Waals surface area contributed by atoms with Crippen molar-refractivity contribution in [3.8, 4) is 22.8 Å². The number of hydrogen-bond acceptors (Lipinski definition) is 7. The molecule has 0 radical (unpaired) electrons. The lowest BCUT2D eigenvalue weighted by atomic mass is 9.86. The zero-order chi connectivity index (χ0) is 22.8. The van der Waals surface area contributed by atoms with E-state index < -0.39 is 0 Å². The number of anilines is 1. The molecule has 8 heteroatoms. The summed E-state index contributed by atoms with van der Waals surface area (Å²) in [4.78, 5) is 28.7. The van der Waals surface area contributed by atoms with Crippen LogP contribution in [-0.2, 0) is 12.8 Å². The molecule has 1 aliphatic heterocycles. The number of fused-ring (bicyclic) bond motifs is 1. The van der Waals surface area contributed by atoms with E-state index in [-0.39, 0.29) is 5.56 Å². The first kappa shape index (κ1) is 21.5. The highest BCUT2D eigenvalue weighted by molar-refractivity contribution is 5.59. The third-order valence-corrected chi connectivity index (χ3v) is 6.74. The number of benzene rings is 1. The summed E-state index contributed by atoms with van der Waals surface area (Å²) in [5, 5.41) is 0. The van der Waals surface area contributed by atoms with Gasteiger partial charge in [-0.05, 0) is 54.7 Å². The molecule has 5 rings (SSSR count). The Bertz CT molecular complexity index is 1170. The highest BCUT2D eigenvalue weighted by Gasteiger charge is 2.29. The predicted octanol–water partition coefficient (Wildman–Crippen LogP) is 2.53. The molecule has 3 heterocycles. The van der Waals surface area contributed by atoms with Gasteiger partial charge in [0, 0.05) is 56.2 Å². The molecule has 172 valence electrons. The number of aryl methyl sites for hydroxylation is 1. The fourth-order valence-electron chi connectivity index (χ4n) is 4.94. The summed E-state index contributed by atoms with van der Waals surface area (Å²) >= 11 is 0. The second-order valence-corrected chi connectivity index (χ2v) is 8.59. The Morgan fingerprint density at radius 1 is 0.970 bits per heavy atom. The van der Waals surface area contributed by atoms with Crippen molar-refractivity contribution in [1.82, 2.24) is 19.9 Å². The van der Waals surface area contributed by atoms with Gasteiger partial charge in [-0.15, -0.1) is 0 Å². The molecule has 0 spiro atoms. The van der Waals surface area contributed by atoms with Gasteiger partial charge < -0.3 is 14.4 Å². The van der Waals surface area contributed by atoms with Crippen LogP contribution in [-0.4, -0.2) is 66.3 Å². The largest absolute Gasteiger partial charge is 0.493 e. The monoisotopic (exact) mass is 447 g/mol. The van der Waals surface area contributed by atoms with E-state index in [9.17, 15) is 4.79 Å². The van der Waals surface area contributed by atoms with Crippen LogP contribution >= 0.6 is 0 Å². The Morgan fingerprint density at radius 2 is 1.67 bits per heavy atom. The molecule has 8 nitrogen and oxygen atoms in total. The van der Waals surface area contributed by atoms with Gasteiger partial charge in [-0.2, -0.15) is 0 Å². The van der Waals surface area contributed by atoms with Crippen LogP contribution in [0, 0.1) is 0 Å². The molecule has 1 unspecified atom stereocenters. The number of hydrogen-bond donors (Lipinski definition) is 1. The maximum Gasteiger partial charge on any atom is 0.252 e. The molecule has 3 aromatic rings. The molecule has 1 N–H and O–H groups in total. The van der Waals surface area contributed by atoms with Gasteiger partial charge in [0.25, 0.3) is 5.56 Å². The van der Waals surface area contributed by atoms with Crippen LogP contribution in [0.1, 0.15) is 17.5 Å². The van der Waals surface area contributed by atoms with Crippen LogP contribution in [0.25, 0.3) is 11.3 Å². The van der Waals surface area contributed by atoms with Gasteiger partial charge in [-0.1, -0.05) is 0 Å². The van der Waals surface area contributed by atoms with Crippen LogP contribution in [0.2, 0.25) is 0 Å². The molecule has 0 amide bonds. The fourth-order valence-corrected chi connectivity index (χ4v) is 4.94. The average Bonchev–Trinajstić information content (AvgIpc) is 2.87. The summed E-state index contributed by atoms with van der Waals surface area (Å²) in [5.41, 5.74) is 4.14. The summed E-state index contributed by atoms with van der Waals surface area (Å²) in [6.07, 6.45) is 6.62. The van der Waals surface area contributed by atoms with Crippen LogP contribution < -0.4 is 19.9 Å². The van der Waals surface area contributed by atoms with Crippen molar-refractivity contribution in [2.75, 3.05) is 45.3 Å². The van der Waals surface area contributed by atoms with Crippen LogP contribution in [0.5, 0.6) is 11.5 Å². The van der Waals surface area contributed by atoms with Gasteiger partial charge in [-0.25, -0.2) is 4.98 Å². The Morgan fingerprint density at radius 3 is 2.36 bits per heavy atom. The zero-order valence-electron chi connectivity index (χ0n) is 19.1. The van der Waals surface area contributed by atoms with Gasteiger partial charge >= 0.3 is 0 Å². The standard InChI is InChI=1S/C25H29N5O3/c1-32-22-14-18-3-4-20(13-19(18)15-23(22)33-2)29-9-11-30(12-10-29)25-27-21(16-24(31)28-25)17-5-7-26-8-6-17/h5-8,14-16,20H,3-4,9-13H2,1-2H3,(H,27,28,31). The fraction of sp³-hybridized carbons (Fsp3) is 0.400. The molecule has 1 aliphatic carbocycles. The van der Waals surface area contributed by atoms with Crippen molar-refractivity contribution in [3.63, 3.8) is 0 Å². The first-order valence-corrected chi connectivity index (χ1v) is 11.4. The van der Waals surface area contributed by atoms with E-state index in [4.69, 9.17) is 14.5 Å². The van der Waals surface area contributed by atoms with E-state index in [1.807, 2.05) is 12.1 Å².